The van der Waals surface area contributed by atoms with E-state index in [9.17, 15) is 13.6 Å². The number of halogens is 2. The van der Waals surface area contributed by atoms with Gasteiger partial charge in [0.2, 0.25) is 5.91 Å². The van der Waals surface area contributed by atoms with E-state index >= 15 is 0 Å². The predicted molar refractivity (Wildman–Crippen MR) is 84.4 cm³/mol. The molecule has 0 fully saturated rings. The number of rotatable bonds is 6. The van der Waals surface area contributed by atoms with Crippen molar-refractivity contribution in [3.05, 3.63) is 59.7 Å². The smallest absolute Gasteiger partial charge is 0.239 e. The zero-order valence-corrected chi connectivity index (χ0v) is 12.9. The highest BCUT2D eigenvalue weighted by Gasteiger charge is 2.13. The first-order valence-corrected chi connectivity index (χ1v) is 7.12. The third-order valence-corrected chi connectivity index (χ3v) is 3.30. The minimum Gasteiger partial charge on any atom is -0.496 e. The van der Waals surface area contributed by atoms with Crippen molar-refractivity contribution < 1.29 is 18.3 Å². The van der Waals surface area contributed by atoms with Gasteiger partial charge in [-0.1, -0.05) is 18.2 Å². The van der Waals surface area contributed by atoms with Crippen LogP contribution in [0.4, 0.5) is 14.5 Å². The Morgan fingerprint density at radius 2 is 1.83 bits per heavy atom. The zero-order valence-electron chi connectivity index (χ0n) is 12.9. The average molecular weight is 320 g/mol. The van der Waals surface area contributed by atoms with Crippen LogP contribution in [0.3, 0.4) is 0 Å². The zero-order chi connectivity index (χ0) is 16.8. The first-order chi connectivity index (χ1) is 11.0. The van der Waals surface area contributed by atoms with Gasteiger partial charge < -0.3 is 15.4 Å². The summed E-state index contributed by atoms with van der Waals surface area (Å²) in [4.78, 5) is 12.0. The molecule has 0 aliphatic rings. The van der Waals surface area contributed by atoms with Gasteiger partial charge >= 0.3 is 0 Å². The van der Waals surface area contributed by atoms with Gasteiger partial charge in [-0.3, -0.25) is 4.79 Å². The van der Waals surface area contributed by atoms with E-state index in [-0.39, 0.29) is 24.2 Å². The van der Waals surface area contributed by atoms with E-state index in [4.69, 9.17) is 4.74 Å². The highest BCUT2D eigenvalue weighted by Crippen LogP contribution is 2.24. The number of carbonyl (C=O) groups excluding carboxylic acids is 1. The number of ether oxygens (including phenoxy) is 1. The molecule has 2 aromatic carbocycles. The van der Waals surface area contributed by atoms with Crippen molar-refractivity contribution in [2.75, 3.05) is 19.0 Å². The van der Waals surface area contributed by atoms with Crippen LogP contribution in [0.1, 0.15) is 18.5 Å². The largest absolute Gasteiger partial charge is 0.496 e. The quantitative estimate of drug-likeness (QED) is 0.859. The SMILES string of the molecule is COc1ccccc1[C@H](C)NC(=O)CNc1cc(F)cc(F)c1. The molecular weight excluding hydrogens is 302 g/mol. The number of methoxy groups -OCH3 is 1. The molecule has 0 saturated carbocycles. The Balaban J connectivity index is 1.94. The maximum Gasteiger partial charge on any atom is 0.239 e. The summed E-state index contributed by atoms with van der Waals surface area (Å²) in [5.41, 5.74) is 1.06. The molecule has 0 bridgehead atoms. The minimum absolute atomic E-state index is 0.0949. The number of anilines is 1. The number of nitrogens with one attached hydrogen (secondary N) is 2. The second-order valence-corrected chi connectivity index (χ2v) is 5.04. The first kappa shape index (κ1) is 16.7. The second-order valence-electron chi connectivity index (χ2n) is 5.04. The minimum atomic E-state index is -0.699. The number of para-hydroxylation sites is 1. The predicted octanol–water partition coefficient (Wildman–Crippen LogP) is 3.26. The highest BCUT2D eigenvalue weighted by molar-refractivity contribution is 5.81. The molecule has 1 amide bonds. The third-order valence-electron chi connectivity index (χ3n) is 3.30. The highest BCUT2D eigenvalue weighted by atomic mass is 19.1. The fourth-order valence-corrected chi connectivity index (χ4v) is 2.23. The monoisotopic (exact) mass is 320 g/mol. The topological polar surface area (TPSA) is 50.4 Å². The van der Waals surface area contributed by atoms with E-state index in [0.29, 0.717) is 5.75 Å². The summed E-state index contributed by atoms with van der Waals surface area (Å²) in [6.45, 7) is 1.74. The van der Waals surface area contributed by atoms with E-state index in [1.165, 1.54) is 0 Å². The summed E-state index contributed by atoms with van der Waals surface area (Å²) in [5, 5.41) is 5.49. The number of carbonyl (C=O) groups is 1. The fraction of sp³-hybridized carbons (Fsp3) is 0.235. The summed E-state index contributed by atoms with van der Waals surface area (Å²) in [7, 11) is 1.56. The molecule has 2 rings (SSSR count). The van der Waals surface area contributed by atoms with Gasteiger partial charge in [-0.2, -0.15) is 0 Å². The number of hydrogen-bond acceptors (Lipinski definition) is 3. The van der Waals surface area contributed by atoms with Gasteiger partial charge in [0.15, 0.2) is 0 Å². The molecule has 0 spiro atoms. The van der Waals surface area contributed by atoms with Gasteiger partial charge in [0.05, 0.1) is 19.7 Å². The molecule has 0 aliphatic carbocycles. The molecule has 1 atom stereocenters. The second kappa shape index (κ2) is 7.58. The summed E-state index contributed by atoms with van der Waals surface area (Å²) in [6.07, 6.45) is 0. The number of benzene rings is 2. The molecule has 6 heteroatoms. The van der Waals surface area contributed by atoms with Crippen molar-refractivity contribution in [3.8, 4) is 5.75 Å². The Labute approximate surface area is 133 Å². The van der Waals surface area contributed by atoms with Gasteiger partial charge in [0, 0.05) is 17.3 Å². The Kier molecular flexibility index (Phi) is 5.51. The number of amides is 1. The molecule has 23 heavy (non-hydrogen) atoms. The Hall–Kier alpha value is -2.63. The van der Waals surface area contributed by atoms with Crippen LogP contribution in [-0.4, -0.2) is 19.6 Å². The summed E-state index contributed by atoms with van der Waals surface area (Å²) >= 11 is 0. The number of hydrogen-bond donors (Lipinski definition) is 2. The van der Waals surface area contributed by atoms with Gasteiger partial charge in [0.25, 0.3) is 0 Å². The molecule has 4 nitrogen and oxygen atoms in total. The van der Waals surface area contributed by atoms with Crippen LogP contribution in [-0.2, 0) is 4.79 Å². The standard InChI is InChI=1S/C17H18F2N2O2/c1-11(15-5-3-4-6-16(15)23-2)21-17(22)10-20-14-8-12(18)7-13(19)9-14/h3-9,11,20H,10H2,1-2H3,(H,21,22)/t11-/m0/s1. The third kappa shape index (κ3) is 4.67. The molecule has 0 unspecified atom stereocenters. The van der Waals surface area contributed by atoms with Crippen LogP contribution >= 0.6 is 0 Å². The molecule has 0 aliphatic heterocycles. The van der Waals surface area contributed by atoms with Crippen LogP contribution < -0.4 is 15.4 Å². The van der Waals surface area contributed by atoms with E-state index in [2.05, 4.69) is 10.6 Å². The van der Waals surface area contributed by atoms with Gasteiger partial charge in [-0.25, -0.2) is 8.78 Å². The van der Waals surface area contributed by atoms with Crippen molar-refractivity contribution in [2.24, 2.45) is 0 Å². The summed E-state index contributed by atoms with van der Waals surface area (Å²) in [6, 6.07) is 10.1. The molecule has 0 heterocycles. The van der Waals surface area contributed by atoms with Crippen LogP contribution in [0.5, 0.6) is 5.75 Å². The van der Waals surface area contributed by atoms with Gasteiger partial charge in [-0.15, -0.1) is 0 Å². The van der Waals surface area contributed by atoms with Crippen molar-refractivity contribution in [2.45, 2.75) is 13.0 Å². The molecule has 2 aromatic rings. The lowest BCUT2D eigenvalue weighted by atomic mass is 10.1. The lowest BCUT2D eigenvalue weighted by Gasteiger charge is -2.17. The lowest BCUT2D eigenvalue weighted by molar-refractivity contribution is -0.120. The normalized spacial score (nSPS) is 11.7. The van der Waals surface area contributed by atoms with E-state index < -0.39 is 11.6 Å². The Morgan fingerprint density at radius 1 is 1.17 bits per heavy atom. The maximum atomic E-state index is 13.1. The van der Waals surface area contributed by atoms with Gasteiger partial charge in [-0.05, 0) is 25.1 Å². The molecule has 122 valence electrons. The van der Waals surface area contributed by atoms with E-state index in [1.807, 2.05) is 31.2 Å². The van der Waals surface area contributed by atoms with Crippen molar-refractivity contribution >= 4 is 11.6 Å². The van der Waals surface area contributed by atoms with Crippen LogP contribution in [0.2, 0.25) is 0 Å². The summed E-state index contributed by atoms with van der Waals surface area (Å²) < 4.78 is 31.4. The first-order valence-electron chi connectivity index (χ1n) is 7.12. The van der Waals surface area contributed by atoms with Crippen molar-refractivity contribution in [3.63, 3.8) is 0 Å². The van der Waals surface area contributed by atoms with E-state index in [0.717, 1.165) is 23.8 Å². The van der Waals surface area contributed by atoms with Crippen molar-refractivity contribution in [1.82, 2.24) is 5.32 Å². The maximum absolute atomic E-state index is 13.1. The Morgan fingerprint density at radius 3 is 2.48 bits per heavy atom. The molecule has 2 N–H and O–H groups in total. The molecular formula is C17H18F2N2O2. The van der Waals surface area contributed by atoms with Crippen LogP contribution in [0.15, 0.2) is 42.5 Å². The summed E-state index contributed by atoms with van der Waals surface area (Å²) in [5.74, 6) is -1.01. The van der Waals surface area contributed by atoms with Crippen LogP contribution in [0.25, 0.3) is 0 Å². The van der Waals surface area contributed by atoms with Gasteiger partial charge in [0.1, 0.15) is 17.4 Å². The molecule has 0 aromatic heterocycles. The van der Waals surface area contributed by atoms with Crippen molar-refractivity contribution in [1.29, 1.82) is 0 Å². The Bertz CT molecular complexity index is 672. The fourth-order valence-electron chi connectivity index (χ4n) is 2.23. The molecule has 0 saturated heterocycles. The van der Waals surface area contributed by atoms with E-state index in [1.54, 1.807) is 7.11 Å². The average Bonchev–Trinajstić information content (AvgIpc) is 2.52. The lowest BCUT2D eigenvalue weighted by Crippen LogP contribution is -2.32. The molecule has 0 radical (unpaired) electrons. The van der Waals surface area contributed by atoms with Crippen LogP contribution in [0, 0.1) is 11.6 Å².